The van der Waals surface area contributed by atoms with Crippen LogP contribution in [0, 0.1) is 5.82 Å². The first kappa shape index (κ1) is 12.8. The van der Waals surface area contributed by atoms with Crippen LogP contribution in [0.15, 0.2) is 18.2 Å². The van der Waals surface area contributed by atoms with E-state index in [4.69, 9.17) is 4.74 Å². The number of ether oxygens (including phenoxy) is 1. The molecule has 1 aromatic rings. The summed E-state index contributed by atoms with van der Waals surface area (Å²) >= 11 is 0. The molecule has 1 aliphatic heterocycles. The second-order valence-corrected chi connectivity index (χ2v) is 4.48. The van der Waals surface area contributed by atoms with Gasteiger partial charge in [0.2, 0.25) is 0 Å². The number of rotatable bonds is 3. The molecule has 1 aliphatic rings. The van der Waals surface area contributed by atoms with Gasteiger partial charge in [-0.05, 0) is 38.0 Å². The first-order valence-electron chi connectivity index (χ1n) is 5.99. The molecule has 1 heterocycles. The van der Waals surface area contributed by atoms with Gasteiger partial charge in [-0.2, -0.15) is 0 Å². The average Bonchev–Trinajstić information content (AvgIpc) is 2.85. The third-order valence-corrected chi connectivity index (χ3v) is 3.08. The molecule has 2 N–H and O–H groups in total. The lowest BCUT2D eigenvalue weighted by Gasteiger charge is -2.20. The highest BCUT2D eigenvalue weighted by Gasteiger charge is 2.24. The van der Waals surface area contributed by atoms with Crippen molar-refractivity contribution in [1.82, 2.24) is 5.32 Å². The van der Waals surface area contributed by atoms with Crippen LogP contribution in [0.1, 0.15) is 30.1 Å². The van der Waals surface area contributed by atoms with Gasteiger partial charge >= 0.3 is 0 Å². The first-order chi connectivity index (χ1) is 8.58. The van der Waals surface area contributed by atoms with E-state index < -0.39 is 11.7 Å². The second kappa shape index (κ2) is 5.35. The highest BCUT2D eigenvalue weighted by atomic mass is 19.1. The summed E-state index contributed by atoms with van der Waals surface area (Å²) in [7, 11) is 0. The van der Waals surface area contributed by atoms with Gasteiger partial charge in [0.1, 0.15) is 11.6 Å². The molecule has 2 rings (SSSR count). The molecule has 98 valence electrons. The smallest absolute Gasteiger partial charge is 0.255 e. The van der Waals surface area contributed by atoms with Gasteiger partial charge in [0.25, 0.3) is 5.91 Å². The number of hydrogen-bond acceptors (Lipinski definition) is 3. The van der Waals surface area contributed by atoms with Gasteiger partial charge in [-0.1, -0.05) is 0 Å². The Bertz CT molecular complexity index is 444. The number of amides is 1. The van der Waals surface area contributed by atoms with Crippen LogP contribution in [0.2, 0.25) is 0 Å². The summed E-state index contributed by atoms with van der Waals surface area (Å²) in [6.07, 6.45) is 1.87. The molecule has 0 radical (unpaired) electrons. The summed E-state index contributed by atoms with van der Waals surface area (Å²) in [5.74, 6) is -1.27. The molecule has 1 saturated heterocycles. The maximum absolute atomic E-state index is 13.0. The van der Waals surface area contributed by atoms with Crippen LogP contribution >= 0.6 is 0 Å². The van der Waals surface area contributed by atoms with Crippen molar-refractivity contribution in [2.75, 3.05) is 6.61 Å². The maximum Gasteiger partial charge on any atom is 0.255 e. The predicted molar refractivity (Wildman–Crippen MR) is 64.0 cm³/mol. The highest BCUT2D eigenvalue weighted by molar-refractivity contribution is 5.97. The first-order valence-corrected chi connectivity index (χ1v) is 5.99. The van der Waals surface area contributed by atoms with E-state index in [1.807, 2.05) is 6.92 Å². The molecule has 0 aromatic heterocycles. The Morgan fingerprint density at radius 3 is 3.06 bits per heavy atom. The van der Waals surface area contributed by atoms with Gasteiger partial charge in [0.05, 0.1) is 17.7 Å². The van der Waals surface area contributed by atoms with Crippen LogP contribution in [0.5, 0.6) is 5.75 Å². The van der Waals surface area contributed by atoms with Crippen molar-refractivity contribution in [3.05, 3.63) is 29.6 Å². The minimum atomic E-state index is -0.553. The van der Waals surface area contributed by atoms with Gasteiger partial charge < -0.3 is 15.2 Å². The molecule has 0 bridgehead atoms. The predicted octanol–water partition coefficient (Wildman–Crippen LogP) is 1.83. The zero-order valence-electron chi connectivity index (χ0n) is 10.1. The van der Waals surface area contributed by atoms with Crippen LogP contribution in [-0.4, -0.2) is 29.8 Å². The number of halogens is 1. The van der Waals surface area contributed by atoms with Crippen LogP contribution in [0.3, 0.4) is 0 Å². The fourth-order valence-electron chi connectivity index (χ4n) is 2.06. The molecular formula is C13H16FNO3. The normalized spacial score (nSPS) is 20.7. The zero-order chi connectivity index (χ0) is 13.1. The Balaban J connectivity index is 2.04. The van der Waals surface area contributed by atoms with E-state index in [9.17, 15) is 14.3 Å². The van der Waals surface area contributed by atoms with E-state index >= 15 is 0 Å². The summed E-state index contributed by atoms with van der Waals surface area (Å²) in [6.45, 7) is 2.54. The number of phenols is 1. The topological polar surface area (TPSA) is 58.6 Å². The van der Waals surface area contributed by atoms with Crippen LogP contribution in [0.4, 0.5) is 4.39 Å². The molecule has 0 saturated carbocycles. The summed E-state index contributed by atoms with van der Waals surface area (Å²) in [4.78, 5) is 11.9. The molecule has 1 amide bonds. The summed E-state index contributed by atoms with van der Waals surface area (Å²) in [6, 6.07) is 3.13. The minimum Gasteiger partial charge on any atom is -0.507 e. The molecule has 2 unspecified atom stereocenters. The molecule has 18 heavy (non-hydrogen) atoms. The lowest BCUT2D eigenvalue weighted by atomic mass is 10.1. The van der Waals surface area contributed by atoms with E-state index in [0.717, 1.165) is 25.0 Å². The van der Waals surface area contributed by atoms with E-state index in [0.29, 0.717) is 6.61 Å². The van der Waals surface area contributed by atoms with Crippen molar-refractivity contribution in [3.8, 4) is 5.75 Å². The number of benzene rings is 1. The third-order valence-electron chi connectivity index (χ3n) is 3.08. The average molecular weight is 253 g/mol. The Morgan fingerprint density at radius 2 is 2.39 bits per heavy atom. The van der Waals surface area contributed by atoms with E-state index in [-0.39, 0.29) is 23.5 Å². The summed E-state index contributed by atoms with van der Waals surface area (Å²) in [5.41, 5.74) is -0.0557. The summed E-state index contributed by atoms with van der Waals surface area (Å²) in [5, 5.41) is 12.2. The SMILES string of the molecule is CC(NC(=O)c1cc(F)ccc1O)C1CCCO1. The molecule has 5 heteroatoms. The van der Waals surface area contributed by atoms with Gasteiger partial charge in [0.15, 0.2) is 0 Å². The monoisotopic (exact) mass is 253 g/mol. The van der Waals surface area contributed by atoms with Crippen molar-refractivity contribution in [2.45, 2.75) is 31.9 Å². The standard InChI is InChI=1S/C13H16FNO3/c1-8(12-3-2-6-18-12)15-13(17)10-7-9(14)4-5-11(10)16/h4-5,7-8,12,16H,2-3,6H2,1H3,(H,15,17). The highest BCUT2D eigenvalue weighted by Crippen LogP contribution is 2.19. The molecule has 2 atom stereocenters. The van der Waals surface area contributed by atoms with Crippen LogP contribution < -0.4 is 5.32 Å². The Hall–Kier alpha value is -1.62. The molecule has 1 aromatic carbocycles. The third kappa shape index (κ3) is 2.79. The fraction of sp³-hybridized carbons (Fsp3) is 0.462. The Kier molecular flexibility index (Phi) is 3.81. The quantitative estimate of drug-likeness (QED) is 0.864. The van der Waals surface area contributed by atoms with Gasteiger partial charge in [-0.15, -0.1) is 0 Å². The Morgan fingerprint density at radius 1 is 1.61 bits per heavy atom. The molecular weight excluding hydrogens is 237 g/mol. The van der Waals surface area contributed by atoms with Crippen molar-refractivity contribution < 1.29 is 19.0 Å². The number of carbonyl (C=O) groups is 1. The van der Waals surface area contributed by atoms with Crippen molar-refractivity contribution in [3.63, 3.8) is 0 Å². The minimum absolute atomic E-state index is 0.00958. The van der Waals surface area contributed by atoms with Crippen molar-refractivity contribution in [2.24, 2.45) is 0 Å². The molecule has 1 fully saturated rings. The van der Waals surface area contributed by atoms with Crippen molar-refractivity contribution in [1.29, 1.82) is 0 Å². The number of nitrogens with one attached hydrogen (secondary N) is 1. The van der Waals surface area contributed by atoms with Crippen LogP contribution in [-0.2, 0) is 4.74 Å². The van der Waals surface area contributed by atoms with Crippen LogP contribution in [0.25, 0.3) is 0 Å². The largest absolute Gasteiger partial charge is 0.507 e. The number of phenolic OH excluding ortho intramolecular Hbond substituents is 1. The number of aromatic hydroxyl groups is 1. The zero-order valence-corrected chi connectivity index (χ0v) is 10.1. The van der Waals surface area contributed by atoms with Crippen molar-refractivity contribution >= 4 is 5.91 Å². The lowest BCUT2D eigenvalue weighted by Crippen LogP contribution is -2.40. The van der Waals surface area contributed by atoms with E-state index in [1.165, 1.54) is 6.07 Å². The van der Waals surface area contributed by atoms with Gasteiger partial charge in [-0.25, -0.2) is 4.39 Å². The van der Waals surface area contributed by atoms with E-state index in [2.05, 4.69) is 5.32 Å². The molecule has 0 aliphatic carbocycles. The molecule has 0 spiro atoms. The number of carbonyl (C=O) groups excluding carboxylic acids is 1. The van der Waals surface area contributed by atoms with E-state index in [1.54, 1.807) is 0 Å². The maximum atomic E-state index is 13.0. The number of hydrogen-bond donors (Lipinski definition) is 2. The fourth-order valence-corrected chi connectivity index (χ4v) is 2.06. The Labute approximate surface area is 105 Å². The lowest BCUT2D eigenvalue weighted by molar-refractivity contribution is 0.0710. The van der Waals surface area contributed by atoms with Gasteiger partial charge in [0, 0.05) is 6.61 Å². The summed E-state index contributed by atoms with van der Waals surface area (Å²) < 4.78 is 18.5. The van der Waals surface area contributed by atoms with Gasteiger partial charge in [-0.3, -0.25) is 4.79 Å². The molecule has 4 nitrogen and oxygen atoms in total. The second-order valence-electron chi connectivity index (χ2n) is 4.48.